The van der Waals surface area contributed by atoms with Crippen LogP contribution in [0.15, 0.2) is 54.6 Å². The highest BCUT2D eigenvalue weighted by molar-refractivity contribution is 7.92. The van der Waals surface area contributed by atoms with E-state index in [1.54, 1.807) is 0 Å². The van der Waals surface area contributed by atoms with Crippen LogP contribution in [-0.4, -0.2) is 50.7 Å². The second-order valence-corrected chi connectivity index (χ2v) is 13.3. The van der Waals surface area contributed by atoms with Gasteiger partial charge in [-0.25, -0.2) is 8.42 Å². The summed E-state index contributed by atoms with van der Waals surface area (Å²) in [6.07, 6.45) is 10.2. The molecule has 7 heteroatoms. The smallest absolute Gasteiger partial charge is 0.251 e. The largest absolute Gasteiger partial charge is 0.347 e. The normalized spacial score (nSPS) is 26.9. The van der Waals surface area contributed by atoms with Gasteiger partial charge in [-0.05, 0) is 80.3 Å². The van der Waals surface area contributed by atoms with E-state index in [9.17, 15) is 13.2 Å². The van der Waals surface area contributed by atoms with Gasteiger partial charge in [-0.1, -0.05) is 56.5 Å². The van der Waals surface area contributed by atoms with Gasteiger partial charge < -0.3 is 10.2 Å². The Balaban J connectivity index is 1.17. The zero-order valence-corrected chi connectivity index (χ0v) is 23.0. The van der Waals surface area contributed by atoms with E-state index in [1.807, 2.05) is 48.5 Å². The summed E-state index contributed by atoms with van der Waals surface area (Å²) in [5, 5.41) is 3.45. The molecule has 2 atom stereocenters. The molecular formula is C30H41N3O3S. The molecule has 3 aliphatic rings. The van der Waals surface area contributed by atoms with Crippen LogP contribution < -0.4 is 10.0 Å². The Kier molecular flexibility index (Phi) is 7.38. The summed E-state index contributed by atoms with van der Waals surface area (Å²) < 4.78 is 26.1. The maximum Gasteiger partial charge on any atom is 0.251 e. The van der Waals surface area contributed by atoms with E-state index in [0.717, 1.165) is 57.3 Å². The predicted molar refractivity (Wildman–Crippen MR) is 149 cm³/mol. The van der Waals surface area contributed by atoms with Crippen LogP contribution in [-0.2, 0) is 15.4 Å². The number of hydrogen-bond donors (Lipinski definition) is 2. The second-order valence-electron chi connectivity index (χ2n) is 11.6. The topological polar surface area (TPSA) is 78.5 Å². The van der Waals surface area contributed by atoms with Gasteiger partial charge in [0.25, 0.3) is 5.91 Å². The van der Waals surface area contributed by atoms with E-state index in [4.69, 9.17) is 0 Å². The number of anilines is 1. The first-order chi connectivity index (χ1) is 17.7. The van der Waals surface area contributed by atoms with Gasteiger partial charge in [0.15, 0.2) is 0 Å². The van der Waals surface area contributed by atoms with Gasteiger partial charge in [0, 0.05) is 35.3 Å². The van der Waals surface area contributed by atoms with Crippen LogP contribution in [0.2, 0.25) is 0 Å². The summed E-state index contributed by atoms with van der Waals surface area (Å²) in [4.78, 5) is 15.6. The predicted octanol–water partition coefficient (Wildman–Crippen LogP) is 5.18. The molecule has 0 spiro atoms. The number of amides is 1. The van der Waals surface area contributed by atoms with Gasteiger partial charge in [0.2, 0.25) is 10.0 Å². The number of carbonyl (C=O) groups excluding carboxylic acids is 1. The molecule has 2 unspecified atom stereocenters. The number of likely N-dealkylation sites (tertiary alicyclic amines) is 1. The Bertz CT molecular complexity index is 1200. The van der Waals surface area contributed by atoms with Crippen LogP contribution >= 0.6 is 0 Å². The van der Waals surface area contributed by atoms with Gasteiger partial charge in [-0.15, -0.1) is 0 Å². The van der Waals surface area contributed by atoms with Crippen LogP contribution in [0.3, 0.4) is 0 Å². The fourth-order valence-corrected chi connectivity index (χ4v) is 8.01. The minimum absolute atomic E-state index is 0.0604. The maximum absolute atomic E-state index is 13.0. The Labute approximate surface area is 222 Å². The van der Waals surface area contributed by atoms with E-state index in [2.05, 4.69) is 27.9 Å². The highest BCUT2D eigenvalue weighted by atomic mass is 32.2. The van der Waals surface area contributed by atoms with Crippen LogP contribution in [0.1, 0.15) is 74.2 Å². The van der Waals surface area contributed by atoms with Crippen molar-refractivity contribution in [3.63, 3.8) is 0 Å². The molecule has 1 amide bonds. The highest BCUT2D eigenvalue weighted by Crippen LogP contribution is 2.65. The average molecular weight is 524 g/mol. The molecule has 1 heterocycles. The van der Waals surface area contributed by atoms with Crippen LogP contribution in [0.25, 0.3) is 0 Å². The van der Waals surface area contributed by atoms with Crippen molar-refractivity contribution in [2.24, 2.45) is 11.8 Å². The average Bonchev–Trinajstić information content (AvgIpc) is 3.26. The summed E-state index contributed by atoms with van der Waals surface area (Å²) in [5.74, 6) is 1.32. The number of nitrogens with one attached hydrogen (secondary N) is 2. The van der Waals surface area contributed by atoms with Crippen molar-refractivity contribution in [1.29, 1.82) is 0 Å². The molecule has 2 N–H and O–H groups in total. The molecule has 6 nitrogen and oxygen atoms in total. The number of fused-ring (bicyclic) bond motifs is 1. The fourth-order valence-electron chi connectivity index (χ4n) is 7.45. The van der Waals surface area contributed by atoms with E-state index < -0.39 is 10.0 Å². The number of sulfonamides is 1. The Morgan fingerprint density at radius 1 is 1.00 bits per heavy atom. The molecule has 5 rings (SSSR count). The molecule has 0 radical (unpaired) electrons. The number of piperidine rings is 1. The number of carbonyl (C=O) groups is 1. The molecule has 0 bridgehead atoms. The van der Waals surface area contributed by atoms with Gasteiger partial charge in [0.05, 0.1) is 6.26 Å². The molecule has 200 valence electrons. The third-order valence-electron chi connectivity index (χ3n) is 9.25. The standard InChI is InChI=1S/C30H41N3O3S/c1-3-30(24-14-10-15-25(20-24)32-37(2,35)36)26-21-33(22-27(26)30)19-11-18-29(16-8-5-9-17-29)31-28(34)23-12-6-4-7-13-23/h4,6-7,10,12-15,20,26-27,32H,3,5,8-9,11,16-19,21-22H2,1-2H3,(H,31,34). The summed E-state index contributed by atoms with van der Waals surface area (Å²) in [5.41, 5.74) is 2.76. The van der Waals surface area contributed by atoms with Gasteiger partial charge in [-0.3, -0.25) is 9.52 Å². The van der Waals surface area contributed by atoms with Crippen molar-refractivity contribution in [3.05, 3.63) is 65.7 Å². The fraction of sp³-hybridized carbons (Fsp3) is 0.567. The summed E-state index contributed by atoms with van der Waals surface area (Å²) in [7, 11) is -3.29. The highest BCUT2D eigenvalue weighted by Gasteiger charge is 2.67. The van der Waals surface area contributed by atoms with Crippen molar-refractivity contribution in [3.8, 4) is 0 Å². The lowest BCUT2D eigenvalue weighted by Gasteiger charge is -2.39. The summed E-state index contributed by atoms with van der Waals surface area (Å²) in [6.45, 7) is 5.55. The quantitative estimate of drug-likeness (QED) is 0.450. The lowest BCUT2D eigenvalue weighted by atomic mass is 9.78. The lowest BCUT2D eigenvalue weighted by molar-refractivity contribution is 0.0853. The van der Waals surface area contributed by atoms with Crippen molar-refractivity contribution in [2.45, 2.75) is 69.2 Å². The van der Waals surface area contributed by atoms with Crippen molar-refractivity contribution < 1.29 is 13.2 Å². The molecule has 1 saturated heterocycles. The molecule has 1 aliphatic heterocycles. The first kappa shape index (κ1) is 26.2. The molecule has 2 aromatic carbocycles. The van der Waals surface area contributed by atoms with Gasteiger partial charge in [-0.2, -0.15) is 0 Å². The summed E-state index contributed by atoms with van der Waals surface area (Å²) >= 11 is 0. The van der Waals surface area contributed by atoms with Gasteiger partial charge in [0.1, 0.15) is 0 Å². The SMILES string of the molecule is CCC1(c2cccc(NS(C)(=O)=O)c2)C2CN(CCCC3(NC(=O)c4ccccc4)CCCCC3)CC21. The Morgan fingerprint density at radius 2 is 1.70 bits per heavy atom. The molecule has 2 aliphatic carbocycles. The zero-order valence-electron chi connectivity index (χ0n) is 22.2. The third-order valence-corrected chi connectivity index (χ3v) is 9.86. The minimum atomic E-state index is -3.29. The minimum Gasteiger partial charge on any atom is -0.347 e. The Morgan fingerprint density at radius 3 is 2.35 bits per heavy atom. The monoisotopic (exact) mass is 523 g/mol. The van der Waals surface area contributed by atoms with E-state index >= 15 is 0 Å². The third kappa shape index (κ3) is 5.58. The van der Waals surface area contributed by atoms with E-state index in [1.165, 1.54) is 31.1 Å². The summed E-state index contributed by atoms with van der Waals surface area (Å²) in [6, 6.07) is 17.6. The molecule has 0 aromatic heterocycles. The number of hydrogen-bond acceptors (Lipinski definition) is 4. The Hall–Kier alpha value is -2.38. The molecule has 2 aromatic rings. The van der Waals surface area contributed by atoms with Crippen molar-refractivity contribution in [1.82, 2.24) is 10.2 Å². The maximum atomic E-state index is 13.0. The van der Waals surface area contributed by atoms with Gasteiger partial charge >= 0.3 is 0 Å². The first-order valence-corrected chi connectivity index (χ1v) is 15.8. The second kappa shape index (κ2) is 10.4. The number of nitrogens with zero attached hydrogens (tertiary/aromatic N) is 1. The molecule has 3 fully saturated rings. The zero-order chi connectivity index (χ0) is 26.1. The first-order valence-electron chi connectivity index (χ1n) is 13.9. The van der Waals surface area contributed by atoms with Crippen LogP contribution in [0.4, 0.5) is 5.69 Å². The molecule has 37 heavy (non-hydrogen) atoms. The molecular weight excluding hydrogens is 482 g/mol. The number of benzene rings is 2. The van der Waals surface area contributed by atoms with Crippen molar-refractivity contribution >= 4 is 21.6 Å². The molecule has 2 saturated carbocycles. The van der Waals surface area contributed by atoms with Crippen LogP contribution in [0.5, 0.6) is 0 Å². The lowest BCUT2D eigenvalue weighted by Crippen LogP contribution is -2.50. The van der Waals surface area contributed by atoms with Crippen molar-refractivity contribution in [2.75, 3.05) is 30.6 Å². The van der Waals surface area contributed by atoms with E-state index in [-0.39, 0.29) is 16.9 Å². The van der Waals surface area contributed by atoms with E-state index in [0.29, 0.717) is 17.5 Å². The number of rotatable bonds is 10. The van der Waals surface area contributed by atoms with Crippen LogP contribution in [0, 0.1) is 11.8 Å².